The minimum absolute atomic E-state index is 0.00959. The number of carbonyl (C=O) groups is 1. The highest BCUT2D eigenvalue weighted by molar-refractivity contribution is 6.37. The standard InChI is InChI=1S/C23H20Cl2N2O/c1-15-13-21(26-17-7-3-2-4-8-17)19-9-5-6-10-22(19)27(15)23(28)18-12-11-16(24)14-20(18)25/h2-12,14-15,21,26H,13H2,1H3/t15-,21+/m1/s1. The second-order valence-electron chi connectivity index (χ2n) is 7.01. The lowest BCUT2D eigenvalue weighted by Gasteiger charge is -2.40. The molecule has 3 aromatic carbocycles. The van der Waals surface area contributed by atoms with Gasteiger partial charge in [0.25, 0.3) is 5.91 Å². The first-order valence-electron chi connectivity index (χ1n) is 9.23. The Bertz CT molecular complexity index is 1010. The third-order valence-electron chi connectivity index (χ3n) is 5.08. The number of hydrogen-bond donors (Lipinski definition) is 1. The lowest BCUT2D eigenvalue weighted by molar-refractivity contribution is 0.0974. The maximum absolute atomic E-state index is 13.3. The predicted octanol–water partition coefficient (Wildman–Crippen LogP) is 6.59. The van der Waals surface area contributed by atoms with Crippen LogP contribution in [0.3, 0.4) is 0 Å². The Hall–Kier alpha value is -2.49. The molecular formula is C23H20Cl2N2O. The zero-order valence-electron chi connectivity index (χ0n) is 15.4. The number of carbonyl (C=O) groups excluding carboxylic acids is 1. The molecule has 3 aromatic rings. The molecule has 1 aliphatic heterocycles. The van der Waals surface area contributed by atoms with E-state index in [0.717, 1.165) is 23.4 Å². The number of para-hydroxylation sites is 2. The van der Waals surface area contributed by atoms with Crippen LogP contribution in [-0.4, -0.2) is 11.9 Å². The first-order chi connectivity index (χ1) is 13.5. The molecular weight excluding hydrogens is 391 g/mol. The molecule has 1 heterocycles. The first kappa shape index (κ1) is 18.9. The van der Waals surface area contributed by atoms with Gasteiger partial charge in [0.2, 0.25) is 0 Å². The third kappa shape index (κ3) is 3.60. The highest BCUT2D eigenvalue weighted by Gasteiger charge is 2.34. The van der Waals surface area contributed by atoms with Crippen LogP contribution in [-0.2, 0) is 0 Å². The van der Waals surface area contributed by atoms with Gasteiger partial charge in [-0.05, 0) is 55.3 Å². The quantitative estimate of drug-likeness (QED) is 0.528. The molecule has 4 rings (SSSR count). The molecule has 142 valence electrons. The van der Waals surface area contributed by atoms with Gasteiger partial charge in [-0.15, -0.1) is 0 Å². The number of fused-ring (bicyclic) bond motifs is 1. The fourth-order valence-corrected chi connectivity index (χ4v) is 4.28. The van der Waals surface area contributed by atoms with Gasteiger partial charge >= 0.3 is 0 Å². The van der Waals surface area contributed by atoms with Crippen LogP contribution in [0.15, 0.2) is 72.8 Å². The van der Waals surface area contributed by atoms with E-state index in [1.165, 1.54) is 0 Å². The second kappa shape index (κ2) is 7.86. The van der Waals surface area contributed by atoms with Crippen molar-refractivity contribution in [1.29, 1.82) is 0 Å². The Kier molecular flexibility index (Phi) is 5.29. The fraction of sp³-hybridized carbons (Fsp3) is 0.174. The molecule has 3 nitrogen and oxygen atoms in total. The summed E-state index contributed by atoms with van der Waals surface area (Å²) >= 11 is 12.3. The minimum Gasteiger partial charge on any atom is -0.378 e. The highest BCUT2D eigenvalue weighted by Crippen LogP contribution is 2.40. The summed E-state index contributed by atoms with van der Waals surface area (Å²) in [4.78, 5) is 15.2. The van der Waals surface area contributed by atoms with Crippen molar-refractivity contribution in [3.05, 3.63) is 94.0 Å². The number of nitrogens with zero attached hydrogens (tertiary/aromatic N) is 1. The summed E-state index contributed by atoms with van der Waals surface area (Å²) in [7, 11) is 0. The van der Waals surface area contributed by atoms with Crippen molar-refractivity contribution in [1.82, 2.24) is 0 Å². The Balaban J connectivity index is 1.71. The van der Waals surface area contributed by atoms with Crippen LogP contribution in [0.5, 0.6) is 0 Å². The van der Waals surface area contributed by atoms with Crippen molar-refractivity contribution in [3.63, 3.8) is 0 Å². The molecule has 0 fully saturated rings. The molecule has 0 spiro atoms. The molecule has 0 bridgehead atoms. The van der Waals surface area contributed by atoms with Gasteiger partial charge in [-0.25, -0.2) is 0 Å². The van der Waals surface area contributed by atoms with Gasteiger partial charge in [-0.3, -0.25) is 4.79 Å². The van der Waals surface area contributed by atoms with Gasteiger partial charge in [-0.2, -0.15) is 0 Å². The number of benzene rings is 3. The predicted molar refractivity (Wildman–Crippen MR) is 117 cm³/mol. The maximum atomic E-state index is 13.3. The largest absolute Gasteiger partial charge is 0.378 e. The van der Waals surface area contributed by atoms with Crippen molar-refractivity contribution < 1.29 is 4.79 Å². The summed E-state index contributed by atoms with van der Waals surface area (Å²) < 4.78 is 0. The molecule has 5 heteroatoms. The Morgan fingerprint density at radius 3 is 2.46 bits per heavy atom. The number of hydrogen-bond acceptors (Lipinski definition) is 2. The van der Waals surface area contributed by atoms with Crippen LogP contribution in [0.25, 0.3) is 0 Å². The fourth-order valence-electron chi connectivity index (χ4n) is 3.79. The number of amides is 1. The average molecular weight is 411 g/mol. The molecule has 1 aliphatic rings. The van der Waals surface area contributed by atoms with E-state index >= 15 is 0 Å². The minimum atomic E-state index is -0.111. The van der Waals surface area contributed by atoms with Gasteiger partial charge in [0, 0.05) is 22.4 Å². The Morgan fingerprint density at radius 2 is 1.71 bits per heavy atom. The van der Waals surface area contributed by atoms with E-state index in [4.69, 9.17) is 23.2 Å². The third-order valence-corrected chi connectivity index (χ3v) is 5.63. The van der Waals surface area contributed by atoms with Crippen LogP contribution in [0, 0.1) is 0 Å². The van der Waals surface area contributed by atoms with Gasteiger partial charge in [0.05, 0.1) is 16.6 Å². The van der Waals surface area contributed by atoms with Crippen LogP contribution in [0.2, 0.25) is 10.0 Å². The number of anilines is 2. The van der Waals surface area contributed by atoms with Crippen LogP contribution in [0.4, 0.5) is 11.4 Å². The normalized spacial score (nSPS) is 18.5. The lowest BCUT2D eigenvalue weighted by Crippen LogP contribution is -2.44. The first-order valence-corrected chi connectivity index (χ1v) is 9.99. The van der Waals surface area contributed by atoms with Crippen LogP contribution < -0.4 is 10.2 Å². The second-order valence-corrected chi connectivity index (χ2v) is 7.85. The monoisotopic (exact) mass is 410 g/mol. The topological polar surface area (TPSA) is 32.3 Å². The van der Waals surface area contributed by atoms with E-state index in [0.29, 0.717) is 15.6 Å². The summed E-state index contributed by atoms with van der Waals surface area (Å²) in [5.74, 6) is -0.111. The lowest BCUT2D eigenvalue weighted by atomic mass is 9.90. The molecule has 0 aromatic heterocycles. The molecule has 28 heavy (non-hydrogen) atoms. The van der Waals surface area contributed by atoms with E-state index in [1.807, 2.05) is 41.3 Å². The molecule has 0 saturated carbocycles. The summed E-state index contributed by atoms with van der Waals surface area (Å²) in [5.41, 5.74) is 3.53. The van der Waals surface area contributed by atoms with Crippen molar-refractivity contribution in [3.8, 4) is 0 Å². The molecule has 1 amide bonds. The molecule has 0 unspecified atom stereocenters. The SMILES string of the molecule is C[C@@H]1C[C@H](Nc2ccccc2)c2ccccc2N1C(=O)c1ccc(Cl)cc1Cl. The van der Waals surface area contributed by atoms with Gasteiger partial charge in [0.15, 0.2) is 0 Å². The Labute approximate surface area is 174 Å². The summed E-state index contributed by atoms with van der Waals surface area (Å²) in [6.07, 6.45) is 0.795. The van der Waals surface area contributed by atoms with E-state index < -0.39 is 0 Å². The van der Waals surface area contributed by atoms with Crippen molar-refractivity contribution in [2.75, 3.05) is 10.2 Å². The zero-order chi connectivity index (χ0) is 19.7. The number of rotatable bonds is 3. The van der Waals surface area contributed by atoms with Gasteiger partial charge in [0.1, 0.15) is 0 Å². The molecule has 0 aliphatic carbocycles. The van der Waals surface area contributed by atoms with Gasteiger partial charge in [-0.1, -0.05) is 59.6 Å². The zero-order valence-corrected chi connectivity index (χ0v) is 16.9. The van der Waals surface area contributed by atoms with Crippen molar-refractivity contribution in [2.45, 2.75) is 25.4 Å². The summed E-state index contributed by atoms with van der Waals surface area (Å²) in [6, 6.07) is 23.3. The molecule has 0 saturated heterocycles. The molecule has 1 N–H and O–H groups in total. The average Bonchev–Trinajstić information content (AvgIpc) is 2.68. The highest BCUT2D eigenvalue weighted by atomic mass is 35.5. The molecule has 2 atom stereocenters. The summed E-state index contributed by atoms with van der Waals surface area (Å²) in [6.45, 7) is 2.07. The smallest absolute Gasteiger partial charge is 0.260 e. The number of halogens is 2. The van der Waals surface area contributed by atoms with Gasteiger partial charge < -0.3 is 10.2 Å². The van der Waals surface area contributed by atoms with E-state index in [1.54, 1.807) is 18.2 Å². The molecule has 0 radical (unpaired) electrons. The van der Waals surface area contributed by atoms with Crippen molar-refractivity contribution in [2.24, 2.45) is 0 Å². The van der Waals surface area contributed by atoms with E-state index in [9.17, 15) is 4.79 Å². The van der Waals surface area contributed by atoms with Crippen molar-refractivity contribution >= 4 is 40.5 Å². The van der Waals surface area contributed by atoms with E-state index in [-0.39, 0.29) is 18.0 Å². The van der Waals surface area contributed by atoms with Crippen LogP contribution in [0.1, 0.15) is 35.3 Å². The van der Waals surface area contributed by atoms with Crippen LogP contribution >= 0.6 is 23.2 Å². The maximum Gasteiger partial charge on any atom is 0.260 e. The summed E-state index contributed by atoms with van der Waals surface area (Å²) in [5, 5.41) is 4.49. The van der Waals surface area contributed by atoms with E-state index in [2.05, 4.69) is 30.4 Å². The Morgan fingerprint density at radius 1 is 1.00 bits per heavy atom. The number of nitrogens with one attached hydrogen (secondary N) is 1.